The zero-order chi connectivity index (χ0) is 20.8. The molecular formula is C24H18ClFN2O2. The van der Waals surface area contributed by atoms with Gasteiger partial charge in [-0.15, -0.1) is 0 Å². The highest BCUT2D eigenvalue weighted by Crippen LogP contribution is 2.40. The van der Waals surface area contributed by atoms with Crippen molar-refractivity contribution in [3.8, 4) is 5.75 Å². The molecule has 1 aromatic heterocycles. The molecule has 4 nitrogen and oxygen atoms in total. The fourth-order valence-electron chi connectivity index (χ4n) is 4.26. The molecule has 5 rings (SSSR count). The summed E-state index contributed by atoms with van der Waals surface area (Å²) >= 11 is 6.08. The molecule has 4 aromatic rings. The molecule has 6 heteroatoms. The zero-order valence-electron chi connectivity index (χ0n) is 15.9. The van der Waals surface area contributed by atoms with Crippen molar-refractivity contribution >= 4 is 28.4 Å². The molecule has 0 saturated heterocycles. The van der Waals surface area contributed by atoms with Gasteiger partial charge in [0.25, 0.3) is 5.91 Å². The summed E-state index contributed by atoms with van der Waals surface area (Å²) in [6.07, 6.45) is 0.703. The van der Waals surface area contributed by atoms with E-state index >= 15 is 0 Å². The second-order valence-electron chi connectivity index (χ2n) is 7.43. The molecule has 2 N–H and O–H groups in total. The number of rotatable bonds is 2. The van der Waals surface area contributed by atoms with E-state index in [1.54, 1.807) is 29.2 Å². The fraction of sp³-hybridized carbons (Fsp3) is 0.125. The number of aromatic hydroxyl groups is 1. The van der Waals surface area contributed by atoms with Crippen LogP contribution in [0.25, 0.3) is 10.9 Å². The van der Waals surface area contributed by atoms with Crippen LogP contribution >= 0.6 is 11.6 Å². The van der Waals surface area contributed by atoms with Crippen LogP contribution in [0, 0.1) is 5.82 Å². The van der Waals surface area contributed by atoms with Gasteiger partial charge in [-0.05, 0) is 60.0 Å². The van der Waals surface area contributed by atoms with Crippen molar-refractivity contribution in [3.63, 3.8) is 0 Å². The number of nitrogens with one attached hydrogen (secondary N) is 1. The van der Waals surface area contributed by atoms with Crippen LogP contribution in [0.1, 0.15) is 33.2 Å². The first kappa shape index (κ1) is 18.7. The molecule has 3 aromatic carbocycles. The number of amides is 1. The average Bonchev–Trinajstić information content (AvgIpc) is 3.14. The molecular weight excluding hydrogens is 403 g/mol. The maximum absolute atomic E-state index is 13.8. The topological polar surface area (TPSA) is 56.3 Å². The second-order valence-corrected chi connectivity index (χ2v) is 7.84. The standard InChI is InChI=1S/C24H18ClFN2O2/c25-19-13-15(7-10-20(19)26)23-22-18(17-3-1-2-4-21(17)27-22)11-12-28(23)24(30)14-5-8-16(29)9-6-14/h1-10,13,23,27,29H,11-12H2. The summed E-state index contributed by atoms with van der Waals surface area (Å²) in [4.78, 5) is 18.6. The van der Waals surface area contributed by atoms with Gasteiger partial charge in [0.2, 0.25) is 0 Å². The Morgan fingerprint density at radius 1 is 1.10 bits per heavy atom. The van der Waals surface area contributed by atoms with E-state index in [-0.39, 0.29) is 16.7 Å². The highest BCUT2D eigenvalue weighted by molar-refractivity contribution is 6.30. The van der Waals surface area contributed by atoms with Crippen molar-refractivity contribution < 1.29 is 14.3 Å². The monoisotopic (exact) mass is 420 g/mol. The van der Waals surface area contributed by atoms with Gasteiger partial charge in [0.15, 0.2) is 0 Å². The maximum atomic E-state index is 13.8. The minimum atomic E-state index is -0.496. The van der Waals surface area contributed by atoms with Crippen LogP contribution in [0.4, 0.5) is 4.39 Å². The Balaban J connectivity index is 1.67. The number of carbonyl (C=O) groups excluding carboxylic acids is 1. The number of phenolic OH excluding ortho intramolecular Hbond substituents is 1. The lowest BCUT2D eigenvalue weighted by atomic mass is 9.91. The van der Waals surface area contributed by atoms with Crippen LogP contribution in [0.5, 0.6) is 5.75 Å². The largest absolute Gasteiger partial charge is 0.508 e. The van der Waals surface area contributed by atoms with Gasteiger partial charge in [-0.3, -0.25) is 4.79 Å². The summed E-state index contributed by atoms with van der Waals surface area (Å²) < 4.78 is 13.8. The van der Waals surface area contributed by atoms with Gasteiger partial charge in [0, 0.05) is 28.7 Å². The number of aromatic nitrogens is 1. The maximum Gasteiger partial charge on any atom is 0.254 e. The lowest BCUT2D eigenvalue weighted by Crippen LogP contribution is -2.40. The van der Waals surface area contributed by atoms with Crippen molar-refractivity contribution in [2.45, 2.75) is 12.5 Å². The highest BCUT2D eigenvalue weighted by Gasteiger charge is 2.35. The van der Waals surface area contributed by atoms with Gasteiger partial charge < -0.3 is 15.0 Å². The number of H-pyrrole nitrogens is 1. The highest BCUT2D eigenvalue weighted by atomic mass is 35.5. The smallest absolute Gasteiger partial charge is 0.254 e. The first-order valence-corrected chi connectivity index (χ1v) is 10.0. The Kier molecular flexibility index (Phi) is 4.48. The molecule has 0 bridgehead atoms. The number of nitrogens with zero attached hydrogens (tertiary/aromatic N) is 1. The Bertz CT molecular complexity index is 1270. The van der Waals surface area contributed by atoms with Crippen LogP contribution in [0.15, 0.2) is 66.7 Å². The van der Waals surface area contributed by atoms with Gasteiger partial charge in [-0.1, -0.05) is 35.9 Å². The summed E-state index contributed by atoms with van der Waals surface area (Å²) in [5.74, 6) is -0.556. The molecule has 0 aliphatic carbocycles. The third kappa shape index (κ3) is 3.02. The van der Waals surface area contributed by atoms with Crippen LogP contribution in [0.2, 0.25) is 5.02 Å². The van der Waals surface area contributed by atoms with E-state index in [1.807, 2.05) is 18.2 Å². The molecule has 1 atom stereocenters. The van der Waals surface area contributed by atoms with E-state index in [2.05, 4.69) is 11.1 Å². The molecule has 0 saturated carbocycles. The van der Waals surface area contributed by atoms with Crippen molar-refractivity contribution in [1.82, 2.24) is 9.88 Å². The van der Waals surface area contributed by atoms with Gasteiger partial charge in [0.05, 0.1) is 11.1 Å². The van der Waals surface area contributed by atoms with Gasteiger partial charge in [-0.25, -0.2) is 4.39 Å². The summed E-state index contributed by atoms with van der Waals surface area (Å²) in [6.45, 7) is 0.508. The predicted molar refractivity (Wildman–Crippen MR) is 114 cm³/mol. The van der Waals surface area contributed by atoms with E-state index in [4.69, 9.17) is 11.6 Å². The van der Waals surface area contributed by atoms with E-state index in [0.717, 1.165) is 27.7 Å². The number of fused-ring (bicyclic) bond motifs is 3. The average molecular weight is 421 g/mol. The molecule has 0 radical (unpaired) electrons. The molecule has 30 heavy (non-hydrogen) atoms. The quantitative estimate of drug-likeness (QED) is 0.452. The molecule has 0 fully saturated rings. The van der Waals surface area contributed by atoms with Crippen LogP contribution in [0.3, 0.4) is 0 Å². The van der Waals surface area contributed by atoms with E-state index < -0.39 is 11.9 Å². The summed E-state index contributed by atoms with van der Waals surface area (Å²) in [7, 11) is 0. The number of hydrogen-bond donors (Lipinski definition) is 2. The van der Waals surface area contributed by atoms with Crippen molar-refractivity contribution in [2.75, 3.05) is 6.54 Å². The van der Waals surface area contributed by atoms with E-state index in [1.165, 1.54) is 18.2 Å². The number of para-hydroxylation sites is 1. The fourth-order valence-corrected chi connectivity index (χ4v) is 4.45. The summed E-state index contributed by atoms with van der Waals surface area (Å²) in [5.41, 5.74) is 4.29. The number of aromatic amines is 1. The normalized spacial score (nSPS) is 15.9. The number of carbonyl (C=O) groups is 1. The minimum absolute atomic E-state index is 0.0211. The third-order valence-corrected chi connectivity index (χ3v) is 5.96. The molecule has 1 unspecified atom stereocenters. The summed E-state index contributed by atoms with van der Waals surface area (Å²) in [6, 6.07) is 18.4. The second kappa shape index (κ2) is 7.18. The van der Waals surface area contributed by atoms with Gasteiger partial charge in [-0.2, -0.15) is 0 Å². The predicted octanol–water partition coefficient (Wildman–Crippen LogP) is 5.45. The number of halogens is 2. The molecule has 0 spiro atoms. The van der Waals surface area contributed by atoms with Crippen molar-refractivity contribution in [2.24, 2.45) is 0 Å². The number of benzene rings is 3. The zero-order valence-corrected chi connectivity index (χ0v) is 16.7. The van der Waals surface area contributed by atoms with Gasteiger partial charge in [0.1, 0.15) is 11.6 Å². The third-order valence-electron chi connectivity index (χ3n) is 5.67. The molecule has 1 aliphatic rings. The Morgan fingerprint density at radius 3 is 2.63 bits per heavy atom. The molecule has 1 amide bonds. The van der Waals surface area contributed by atoms with Crippen LogP contribution in [-0.4, -0.2) is 27.4 Å². The number of hydrogen-bond acceptors (Lipinski definition) is 2. The SMILES string of the molecule is O=C(c1ccc(O)cc1)N1CCc2c([nH]c3ccccc23)C1c1ccc(F)c(Cl)c1. The van der Waals surface area contributed by atoms with Crippen molar-refractivity contribution in [3.05, 3.63) is 100.0 Å². The Labute approximate surface area is 177 Å². The summed E-state index contributed by atoms with van der Waals surface area (Å²) in [5, 5.41) is 10.7. The minimum Gasteiger partial charge on any atom is -0.508 e. The van der Waals surface area contributed by atoms with Crippen molar-refractivity contribution in [1.29, 1.82) is 0 Å². The number of phenols is 1. The molecule has 2 heterocycles. The van der Waals surface area contributed by atoms with Crippen LogP contribution < -0.4 is 0 Å². The molecule has 1 aliphatic heterocycles. The first-order valence-electron chi connectivity index (χ1n) is 9.67. The van der Waals surface area contributed by atoms with E-state index in [9.17, 15) is 14.3 Å². The first-order chi connectivity index (χ1) is 14.5. The van der Waals surface area contributed by atoms with E-state index in [0.29, 0.717) is 18.5 Å². The van der Waals surface area contributed by atoms with Gasteiger partial charge >= 0.3 is 0 Å². The molecule has 150 valence electrons. The van der Waals surface area contributed by atoms with Crippen LogP contribution in [-0.2, 0) is 6.42 Å². The Morgan fingerprint density at radius 2 is 1.87 bits per heavy atom. The lowest BCUT2D eigenvalue weighted by molar-refractivity contribution is 0.0692. The Hall–Kier alpha value is -3.31. The lowest BCUT2D eigenvalue weighted by Gasteiger charge is -2.36.